The first-order valence-corrected chi connectivity index (χ1v) is 5.27. The molecule has 4 nitrogen and oxygen atoms in total. The van der Waals surface area contributed by atoms with Gasteiger partial charge in [0.2, 0.25) is 0 Å². The molecule has 0 aliphatic carbocycles. The van der Waals surface area contributed by atoms with Crippen LogP contribution in [0.1, 0.15) is 38.8 Å². The monoisotopic (exact) mass is 224 g/mol. The standard InChI is InChI=1S/C12H20N2O2/c1-11(2,13-15)9-5-7-10(8-6-9)12(3,4)14-16/h5-8,13-16H,1-4H3. The van der Waals surface area contributed by atoms with E-state index in [2.05, 4.69) is 11.0 Å². The minimum Gasteiger partial charge on any atom is -0.316 e. The SMILES string of the molecule is CC(C)(NO)c1ccc(C(C)(C)NO)cc1. The number of benzene rings is 1. The van der Waals surface area contributed by atoms with Crippen molar-refractivity contribution in [3.8, 4) is 0 Å². The van der Waals surface area contributed by atoms with Gasteiger partial charge in [-0.15, -0.1) is 0 Å². The van der Waals surface area contributed by atoms with Gasteiger partial charge in [-0.3, -0.25) is 0 Å². The van der Waals surface area contributed by atoms with Gasteiger partial charge in [-0.2, -0.15) is 11.0 Å². The van der Waals surface area contributed by atoms with Crippen LogP contribution in [0.4, 0.5) is 0 Å². The summed E-state index contributed by atoms with van der Waals surface area (Å²) in [5.74, 6) is 0. The van der Waals surface area contributed by atoms with Gasteiger partial charge in [0.25, 0.3) is 0 Å². The van der Waals surface area contributed by atoms with E-state index in [0.717, 1.165) is 11.1 Å². The Labute approximate surface area is 96.2 Å². The van der Waals surface area contributed by atoms with E-state index in [-0.39, 0.29) is 0 Å². The van der Waals surface area contributed by atoms with Gasteiger partial charge in [-0.25, -0.2) is 0 Å². The van der Waals surface area contributed by atoms with Crippen LogP contribution in [0.15, 0.2) is 24.3 Å². The van der Waals surface area contributed by atoms with E-state index in [1.54, 1.807) is 0 Å². The molecule has 0 aromatic heterocycles. The van der Waals surface area contributed by atoms with Crippen LogP contribution >= 0.6 is 0 Å². The van der Waals surface area contributed by atoms with Crippen molar-refractivity contribution >= 4 is 0 Å². The van der Waals surface area contributed by atoms with Crippen LogP contribution in [-0.4, -0.2) is 10.4 Å². The molecule has 0 spiro atoms. The molecule has 16 heavy (non-hydrogen) atoms. The van der Waals surface area contributed by atoms with Crippen LogP contribution < -0.4 is 11.0 Å². The highest BCUT2D eigenvalue weighted by molar-refractivity contribution is 5.30. The Balaban J connectivity index is 3.00. The van der Waals surface area contributed by atoms with Gasteiger partial charge < -0.3 is 10.4 Å². The lowest BCUT2D eigenvalue weighted by molar-refractivity contribution is 0.0787. The van der Waals surface area contributed by atoms with Crippen molar-refractivity contribution < 1.29 is 10.4 Å². The summed E-state index contributed by atoms with van der Waals surface area (Å²) in [6.45, 7) is 7.55. The summed E-state index contributed by atoms with van der Waals surface area (Å²) in [6, 6.07) is 7.71. The van der Waals surface area contributed by atoms with Gasteiger partial charge in [0.15, 0.2) is 0 Å². The molecule has 0 aliphatic heterocycles. The number of hydrogen-bond donors (Lipinski definition) is 4. The number of hydrogen-bond acceptors (Lipinski definition) is 4. The van der Waals surface area contributed by atoms with Crippen molar-refractivity contribution in [2.45, 2.75) is 38.8 Å². The molecule has 0 amide bonds. The molecule has 0 aliphatic rings. The second-order valence-electron chi connectivity index (χ2n) is 5.05. The minimum atomic E-state index is -0.477. The fourth-order valence-electron chi connectivity index (χ4n) is 1.43. The van der Waals surface area contributed by atoms with E-state index >= 15 is 0 Å². The van der Waals surface area contributed by atoms with Crippen LogP contribution in [0.25, 0.3) is 0 Å². The summed E-state index contributed by atoms with van der Waals surface area (Å²) in [5.41, 5.74) is 5.53. The van der Waals surface area contributed by atoms with Gasteiger partial charge in [0, 0.05) is 0 Å². The first-order valence-electron chi connectivity index (χ1n) is 5.27. The predicted molar refractivity (Wildman–Crippen MR) is 62.3 cm³/mol. The molecular weight excluding hydrogens is 204 g/mol. The predicted octanol–water partition coefficient (Wildman–Crippen LogP) is 2.11. The zero-order chi connectivity index (χ0) is 12.4. The number of hydroxylamine groups is 2. The lowest BCUT2D eigenvalue weighted by Crippen LogP contribution is -2.35. The summed E-state index contributed by atoms with van der Waals surface area (Å²) < 4.78 is 0. The van der Waals surface area contributed by atoms with E-state index < -0.39 is 11.1 Å². The van der Waals surface area contributed by atoms with Crippen LogP contribution in [0, 0.1) is 0 Å². The zero-order valence-electron chi connectivity index (χ0n) is 10.2. The van der Waals surface area contributed by atoms with Crippen molar-refractivity contribution in [2.24, 2.45) is 0 Å². The maximum atomic E-state index is 9.02. The summed E-state index contributed by atoms with van der Waals surface area (Å²) in [7, 11) is 0. The molecule has 0 unspecified atom stereocenters. The Kier molecular flexibility index (Phi) is 3.70. The third-order valence-corrected chi connectivity index (χ3v) is 2.89. The molecule has 0 atom stereocenters. The van der Waals surface area contributed by atoms with Crippen LogP contribution in [-0.2, 0) is 11.1 Å². The van der Waals surface area contributed by atoms with E-state index in [1.807, 2.05) is 52.0 Å². The summed E-state index contributed by atoms with van der Waals surface area (Å²) >= 11 is 0. The maximum Gasteiger partial charge on any atom is 0.0622 e. The van der Waals surface area contributed by atoms with Crippen molar-refractivity contribution in [2.75, 3.05) is 0 Å². The quantitative estimate of drug-likeness (QED) is 0.591. The highest BCUT2D eigenvalue weighted by Gasteiger charge is 2.22. The largest absolute Gasteiger partial charge is 0.316 e. The van der Waals surface area contributed by atoms with Crippen molar-refractivity contribution in [1.82, 2.24) is 11.0 Å². The Hall–Kier alpha value is -0.940. The second-order valence-corrected chi connectivity index (χ2v) is 5.05. The van der Waals surface area contributed by atoms with Gasteiger partial charge >= 0.3 is 0 Å². The molecule has 1 aromatic carbocycles. The molecule has 4 N–H and O–H groups in total. The lowest BCUT2D eigenvalue weighted by atomic mass is 9.90. The lowest BCUT2D eigenvalue weighted by Gasteiger charge is -2.26. The summed E-state index contributed by atoms with van der Waals surface area (Å²) in [4.78, 5) is 0. The topological polar surface area (TPSA) is 64.5 Å². The van der Waals surface area contributed by atoms with Gasteiger partial charge in [-0.05, 0) is 38.8 Å². The summed E-state index contributed by atoms with van der Waals surface area (Å²) in [6.07, 6.45) is 0. The molecule has 0 saturated carbocycles. The average molecular weight is 224 g/mol. The van der Waals surface area contributed by atoms with Gasteiger partial charge in [0.1, 0.15) is 0 Å². The number of nitrogens with one attached hydrogen (secondary N) is 2. The van der Waals surface area contributed by atoms with Crippen molar-refractivity contribution in [3.63, 3.8) is 0 Å². The molecule has 0 heterocycles. The van der Waals surface area contributed by atoms with E-state index in [1.165, 1.54) is 0 Å². The number of rotatable bonds is 4. The Morgan fingerprint density at radius 1 is 0.750 bits per heavy atom. The fraction of sp³-hybridized carbons (Fsp3) is 0.500. The summed E-state index contributed by atoms with van der Waals surface area (Å²) in [5, 5.41) is 18.0. The molecule has 0 saturated heterocycles. The fourth-order valence-corrected chi connectivity index (χ4v) is 1.43. The molecule has 1 rings (SSSR count). The highest BCUT2D eigenvalue weighted by Crippen LogP contribution is 2.24. The van der Waals surface area contributed by atoms with Gasteiger partial charge in [-0.1, -0.05) is 24.3 Å². The van der Waals surface area contributed by atoms with Crippen molar-refractivity contribution in [1.29, 1.82) is 0 Å². The molecule has 0 bridgehead atoms. The van der Waals surface area contributed by atoms with Crippen molar-refractivity contribution in [3.05, 3.63) is 35.4 Å². The highest BCUT2D eigenvalue weighted by atomic mass is 16.5. The third kappa shape index (κ3) is 2.59. The Bertz CT molecular complexity index is 310. The molecule has 0 fully saturated rings. The molecular formula is C12H20N2O2. The molecule has 1 aromatic rings. The molecule has 90 valence electrons. The zero-order valence-corrected chi connectivity index (χ0v) is 10.2. The smallest absolute Gasteiger partial charge is 0.0622 e. The normalized spacial score (nSPS) is 12.9. The van der Waals surface area contributed by atoms with E-state index in [9.17, 15) is 0 Å². The van der Waals surface area contributed by atoms with Crippen LogP contribution in [0.5, 0.6) is 0 Å². The molecule has 0 radical (unpaired) electrons. The van der Waals surface area contributed by atoms with Crippen LogP contribution in [0.3, 0.4) is 0 Å². The van der Waals surface area contributed by atoms with Gasteiger partial charge in [0.05, 0.1) is 11.1 Å². The van der Waals surface area contributed by atoms with E-state index in [0.29, 0.717) is 0 Å². The second kappa shape index (κ2) is 4.51. The average Bonchev–Trinajstić information content (AvgIpc) is 2.29. The Morgan fingerprint density at radius 3 is 1.19 bits per heavy atom. The Morgan fingerprint density at radius 2 is 1.00 bits per heavy atom. The first kappa shape index (κ1) is 13.1. The van der Waals surface area contributed by atoms with Crippen LogP contribution in [0.2, 0.25) is 0 Å². The third-order valence-electron chi connectivity index (χ3n) is 2.89. The maximum absolute atomic E-state index is 9.02. The minimum absolute atomic E-state index is 0.477. The van der Waals surface area contributed by atoms with E-state index in [4.69, 9.17) is 10.4 Å². The molecule has 4 heteroatoms. The first-order chi connectivity index (χ1) is 7.33.